The second-order valence-corrected chi connectivity index (χ2v) is 7.29. The lowest BCUT2D eigenvalue weighted by Crippen LogP contribution is -2.42. The van der Waals surface area contributed by atoms with Crippen molar-refractivity contribution < 1.29 is 4.79 Å². The number of hydrogen-bond donors (Lipinski definition) is 0. The monoisotopic (exact) mass is 384 g/mol. The van der Waals surface area contributed by atoms with E-state index in [2.05, 4.69) is 96.2 Å². The topological polar surface area (TPSA) is 34.9 Å². The number of hydrogen-bond acceptors (Lipinski definition) is 2. The average Bonchev–Trinajstić information content (AvgIpc) is 3.23. The molecule has 2 atom stereocenters. The molecule has 0 bridgehead atoms. The Morgan fingerprint density at radius 3 is 2.45 bits per heavy atom. The second kappa shape index (κ2) is 9.33. The minimum absolute atomic E-state index is 0.116. The number of nitrogens with zero attached hydrogens (tertiary/aromatic N) is 2. The Bertz CT molecular complexity index is 1000. The molecule has 0 saturated heterocycles. The second-order valence-electron chi connectivity index (χ2n) is 7.29. The van der Waals surface area contributed by atoms with Crippen molar-refractivity contribution in [1.82, 2.24) is 9.55 Å². The summed E-state index contributed by atoms with van der Waals surface area (Å²) in [6.07, 6.45) is 14.0. The zero-order valence-corrected chi connectivity index (χ0v) is 17.3. The van der Waals surface area contributed by atoms with Crippen molar-refractivity contribution in [3.8, 4) is 0 Å². The zero-order valence-electron chi connectivity index (χ0n) is 17.3. The van der Waals surface area contributed by atoms with Crippen LogP contribution in [0.3, 0.4) is 0 Å². The van der Waals surface area contributed by atoms with E-state index in [0.717, 1.165) is 18.3 Å². The lowest BCUT2D eigenvalue weighted by molar-refractivity contribution is 0.111. The van der Waals surface area contributed by atoms with Crippen molar-refractivity contribution in [2.75, 3.05) is 0 Å². The van der Waals surface area contributed by atoms with Crippen molar-refractivity contribution in [1.29, 1.82) is 0 Å². The lowest BCUT2D eigenvalue weighted by Gasteiger charge is -2.41. The van der Waals surface area contributed by atoms with Crippen LogP contribution in [0.1, 0.15) is 47.4 Å². The first kappa shape index (κ1) is 20.5. The first-order valence-electron chi connectivity index (χ1n) is 10.0. The summed E-state index contributed by atoms with van der Waals surface area (Å²) in [6, 6.07) is 18.9. The first-order chi connectivity index (χ1) is 14.1. The summed E-state index contributed by atoms with van der Waals surface area (Å²) in [4.78, 5) is 15.7. The smallest absolute Gasteiger partial charge is 0.169 e. The maximum Gasteiger partial charge on any atom is 0.169 e. The molecule has 0 amide bonds. The Morgan fingerprint density at radius 1 is 1.07 bits per heavy atom. The molecular weight excluding hydrogens is 356 g/mol. The molecule has 3 rings (SSSR count). The third kappa shape index (κ3) is 4.00. The van der Waals surface area contributed by atoms with E-state index >= 15 is 0 Å². The summed E-state index contributed by atoms with van der Waals surface area (Å²) in [5, 5.41) is 0. The SMILES string of the molecule is C/C=C\C/C=C\C(C)C(c1ccccc1)(c1ccccc1C)n1cnc(C=O)c1. The molecule has 2 unspecified atom stereocenters. The van der Waals surface area contributed by atoms with Gasteiger partial charge < -0.3 is 4.57 Å². The Morgan fingerprint density at radius 2 is 1.79 bits per heavy atom. The van der Waals surface area contributed by atoms with Crippen molar-refractivity contribution >= 4 is 6.29 Å². The molecule has 29 heavy (non-hydrogen) atoms. The van der Waals surface area contributed by atoms with E-state index in [1.165, 1.54) is 11.1 Å². The summed E-state index contributed by atoms with van der Waals surface area (Å²) in [7, 11) is 0. The molecule has 3 nitrogen and oxygen atoms in total. The van der Waals surface area contributed by atoms with E-state index in [1.54, 1.807) is 6.33 Å². The fraction of sp³-hybridized carbons (Fsp3) is 0.231. The van der Waals surface area contributed by atoms with Gasteiger partial charge in [-0.2, -0.15) is 0 Å². The number of allylic oxidation sites excluding steroid dienone is 4. The van der Waals surface area contributed by atoms with Crippen LogP contribution in [0.4, 0.5) is 0 Å². The molecule has 0 spiro atoms. The predicted octanol–water partition coefficient (Wildman–Crippen LogP) is 5.95. The summed E-state index contributed by atoms with van der Waals surface area (Å²) < 4.78 is 2.10. The number of aryl methyl sites for hydroxylation is 1. The van der Waals surface area contributed by atoms with E-state index < -0.39 is 5.54 Å². The van der Waals surface area contributed by atoms with Gasteiger partial charge in [0.2, 0.25) is 0 Å². The van der Waals surface area contributed by atoms with Gasteiger partial charge in [0.25, 0.3) is 0 Å². The van der Waals surface area contributed by atoms with Crippen LogP contribution in [-0.4, -0.2) is 15.8 Å². The number of imidazole rings is 1. The van der Waals surface area contributed by atoms with Gasteiger partial charge in [-0.05, 0) is 37.0 Å². The van der Waals surface area contributed by atoms with Gasteiger partial charge >= 0.3 is 0 Å². The van der Waals surface area contributed by atoms with Gasteiger partial charge in [0.05, 0.1) is 6.33 Å². The van der Waals surface area contributed by atoms with Gasteiger partial charge in [0.15, 0.2) is 6.29 Å². The molecule has 1 heterocycles. The zero-order chi connectivity index (χ0) is 20.7. The predicted molar refractivity (Wildman–Crippen MR) is 119 cm³/mol. The molecule has 0 aliphatic carbocycles. The van der Waals surface area contributed by atoms with Crippen molar-refractivity contribution in [2.24, 2.45) is 5.92 Å². The molecule has 0 N–H and O–H groups in total. The van der Waals surface area contributed by atoms with E-state index in [9.17, 15) is 4.79 Å². The average molecular weight is 385 g/mol. The Hall–Kier alpha value is -3.20. The number of benzene rings is 2. The molecular formula is C26H28N2O. The summed E-state index contributed by atoms with van der Waals surface area (Å²) in [5.74, 6) is 0.116. The van der Waals surface area contributed by atoms with E-state index in [0.29, 0.717) is 5.69 Å². The first-order valence-corrected chi connectivity index (χ1v) is 10.0. The third-order valence-electron chi connectivity index (χ3n) is 5.49. The molecule has 1 aromatic heterocycles. The minimum Gasteiger partial charge on any atom is -0.322 e. The largest absolute Gasteiger partial charge is 0.322 e. The molecule has 148 valence electrons. The Balaban J connectivity index is 2.31. The van der Waals surface area contributed by atoms with Crippen LogP contribution in [0.15, 0.2) is 91.4 Å². The van der Waals surface area contributed by atoms with Gasteiger partial charge in [0.1, 0.15) is 11.2 Å². The highest BCUT2D eigenvalue weighted by Crippen LogP contribution is 2.43. The lowest BCUT2D eigenvalue weighted by atomic mass is 9.71. The maximum atomic E-state index is 11.4. The summed E-state index contributed by atoms with van der Waals surface area (Å²) >= 11 is 0. The van der Waals surface area contributed by atoms with Crippen LogP contribution in [0.25, 0.3) is 0 Å². The van der Waals surface area contributed by atoms with Crippen LogP contribution in [0.2, 0.25) is 0 Å². The fourth-order valence-corrected chi connectivity index (χ4v) is 4.11. The minimum atomic E-state index is -0.521. The molecule has 0 radical (unpaired) electrons. The van der Waals surface area contributed by atoms with Crippen molar-refractivity contribution in [3.63, 3.8) is 0 Å². The van der Waals surface area contributed by atoms with E-state index in [-0.39, 0.29) is 5.92 Å². The van der Waals surface area contributed by atoms with Gasteiger partial charge in [-0.1, -0.05) is 85.8 Å². The number of carbonyl (C=O) groups is 1. The van der Waals surface area contributed by atoms with E-state index in [4.69, 9.17) is 0 Å². The van der Waals surface area contributed by atoms with Crippen LogP contribution in [0, 0.1) is 12.8 Å². The normalized spacial score (nSPS) is 14.9. The maximum absolute atomic E-state index is 11.4. The fourth-order valence-electron chi connectivity index (χ4n) is 4.11. The van der Waals surface area contributed by atoms with Gasteiger partial charge in [-0.3, -0.25) is 4.79 Å². The highest BCUT2D eigenvalue weighted by molar-refractivity contribution is 5.71. The molecule has 3 aromatic rings. The summed E-state index contributed by atoms with van der Waals surface area (Å²) in [6.45, 7) is 6.40. The van der Waals surface area contributed by atoms with Gasteiger partial charge in [-0.15, -0.1) is 0 Å². The quantitative estimate of drug-likeness (QED) is 0.355. The van der Waals surface area contributed by atoms with Gasteiger partial charge in [-0.25, -0.2) is 4.98 Å². The molecule has 0 saturated carbocycles. The standard InChI is InChI=1S/C26H28N2O/c1-4-5-6-8-14-22(3)26(23-15-9-7-10-16-23,25-17-12-11-13-21(25)2)28-18-24(19-29)27-20-28/h4-5,7-20,22H,6H2,1-3H3/b5-4-,14-8-. The number of aromatic nitrogens is 2. The van der Waals surface area contributed by atoms with Crippen LogP contribution in [-0.2, 0) is 5.54 Å². The summed E-state index contributed by atoms with van der Waals surface area (Å²) in [5.41, 5.74) is 3.47. The Labute approximate surface area is 173 Å². The Kier molecular flexibility index (Phi) is 6.61. The molecule has 0 aliphatic rings. The third-order valence-corrected chi connectivity index (χ3v) is 5.49. The number of rotatable bonds is 8. The van der Waals surface area contributed by atoms with Crippen molar-refractivity contribution in [2.45, 2.75) is 32.7 Å². The number of carbonyl (C=O) groups excluding carboxylic acids is 1. The highest BCUT2D eigenvalue weighted by Gasteiger charge is 2.41. The molecule has 2 aromatic carbocycles. The molecule has 0 fully saturated rings. The van der Waals surface area contributed by atoms with Crippen LogP contribution in [0.5, 0.6) is 0 Å². The molecule has 3 heteroatoms. The van der Waals surface area contributed by atoms with Crippen LogP contribution >= 0.6 is 0 Å². The number of aldehydes is 1. The van der Waals surface area contributed by atoms with E-state index in [1.807, 2.05) is 19.2 Å². The van der Waals surface area contributed by atoms with Gasteiger partial charge in [0, 0.05) is 12.1 Å². The molecule has 0 aliphatic heterocycles. The van der Waals surface area contributed by atoms with Crippen molar-refractivity contribution in [3.05, 3.63) is 114 Å². The highest BCUT2D eigenvalue weighted by atomic mass is 16.1. The van der Waals surface area contributed by atoms with Crippen LogP contribution < -0.4 is 0 Å².